The lowest BCUT2D eigenvalue weighted by Gasteiger charge is -2.05. The van der Waals surface area contributed by atoms with Crippen molar-refractivity contribution < 1.29 is 13.3 Å². The van der Waals surface area contributed by atoms with Gasteiger partial charge in [0.25, 0.3) is 14.7 Å². The Bertz CT molecular complexity index is 541. The van der Waals surface area contributed by atoms with Gasteiger partial charge in [0.15, 0.2) is 0 Å². The van der Waals surface area contributed by atoms with Crippen LogP contribution in [0.3, 0.4) is 0 Å². The molecule has 0 aliphatic carbocycles. The van der Waals surface area contributed by atoms with E-state index in [1.54, 1.807) is 6.92 Å². The van der Waals surface area contributed by atoms with E-state index in [9.17, 15) is 18.5 Å². The molecule has 1 aromatic rings. The molecule has 0 atom stereocenters. The lowest BCUT2D eigenvalue weighted by atomic mass is 10.1. The summed E-state index contributed by atoms with van der Waals surface area (Å²) in [6.07, 6.45) is 0.375. The van der Waals surface area contributed by atoms with Gasteiger partial charge in [-0.25, -0.2) is 8.42 Å². The van der Waals surface area contributed by atoms with Crippen molar-refractivity contribution >= 4 is 37.0 Å². The second-order valence-electron chi connectivity index (χ2n) is 2.97. The van der Waals surface area contributed by atoms with Crippen LogP contribution in [0.15, 0.2) is 17.0 Å². The molecule has 8 heteroatoms. The summed E-state index contributed by atoms with van der Waals surface area (Å²) in [5.74, 6) is 0. The largest absolute Gasteiger partial charge is 0.271 e. The number of halogens is 2. The van der Waals surface area contributed by atoms with Crippen molar-refractivity contribution in [2.45, 2.75) is 18.2 Å². The standard InChI is InChI=1S/C8H7Cl2NO4S/c1-2-5-3-6(11(12)13)4-7(8(5)9)16(10,14)15/h3-4H,2H2,1H3. The Labute approximate surface area is 102 Å². The maximum Gasteiger partial charge on any atom is 0.271 e. The van der Waals surface area contributed by atoms with Crippen molar-refractivity contribution in [3.8, 4) is 0 Å². The van der Waals surface area contributed by atoms with Crippen LogP contribution in [-0.2, 0) is 15.5 Å². The summed E-state index contributed by atoms with van der Waals surface area (Å²) < 4.78 is 22.3. The highest BCUT2D eigenvalue weighted by atomic mass is 35.7. The van der Waals surface area contributed by atoms with Crippen LogP contribution in [0.5, 0.6) is 0 Å². The van der Waals surface area contributed by atoms with E-state index in [0.717, 1.165) is 6.07 Å². The Morgan fingerprint density at radius 2 is 2.00 bits per heavy atom. The number of aryl methyl sites for hydroxylation is 1. The lowest BCUT2D eigenvalue weighted by Crippen LogP contribution is -1.99. The molecule has 0 heterocycles. The van der Waals surface area contributed by atoms with E-state index in [1.165, 1.54) is 6.07 Å². The van der Waals surface area contributed by atoms with E-state index in [0.29, 0.717) is 12.0 Å². The van der Waals surface area contributed by atoms with Gasteiger partial charge in [0.05, 0.1) is 9.95 Å². The molecule has 0 unspecified atom stereocenters. The Balaban J connectivity index is 3.61. The zero-order valence-electron chi connectivity index (χ0n) is 8.11. The van der Waals surface area contributed by atoms with E-state index in [1.807, 2.05) is 0 Å². The molecule has 0 aromatic heterocycles. The summed E-state index contributed by atoms with van der Waals surface area (Å²) in [5.41, 5.74) is 0.0237. The SMILES string of the molecule is CCc1cc([N+](=O)[O-])cc(S(=O)(=O)Cl)c1Cl. The van der Waals surface area contributed by atoms with Gasteiger partial charge >= 0.3 is 0 Å². The van der Waals surface area contributed by atoms with Gasteiger partial charge in [0, 0.05) is 22.8 Å². The molecule has 1 rings (SSSR count). The summed E-state index contributed by atoms with van der Waals surface area (Å²) in [4.78, 5) is 9.46. The van der Waals surface area contributed by atoms with Gasteiger partial charge in [-0.3, -0.25) is 10.1 Å². The van der Waals surface area contributed by atoms with Crippen molar-refractivity contribution in [2.75, 3.05) is 0 Å². The molecule has 1 aromatic carbocycles. The number of hydrogen-bond donors (Lipinski definition) is 0. The number of nitrogens with zero attached hydrogens (tertiary/aromatic N) is 1. The van der Waals surface area contributed by atoms with Crippen LogP contribution in [0.1, 0.15) is 12.5 Å². The van der Waals surface area contributed by atoms with Gasteiger partial charge in [-0.2, -0.15) is 0 Å². The molecule has 0 N–H and O–H groups in total. The summed E-state index contributed by atoms with van der Waals surface area (Å²) in [7, 11) is 1.05. The molecule has 0 aliphatic heterocycles. The Kier molecular flexibility index (Phi) is 3.77. The van der Waals surface area contributed by atoms with E-state index in [-0.39, 0.29) is 10.7 Å². The predicted molar refractivity (Wildman–Crippen MR) is 60.5 cm³/mol. The number of hydrogen-bond acceptors (Lipinski definition) is 4. The normalized spacial score (nSPS) is 11.4. The summed E-state index contributed by atoms with van der Waals surface area (Å²) in [6, 6.07) is 2.08. The Hall–Kier alpha value is -0.850. The van der Waals surface area contributed by atoms with Crippen LogP contribution in [0.4, 0.5) is 5.69 Å². The van der Waals surface area contributed by atoms with Gasteiger partial charge in [-0.15, -0.1) is 0 Å². The van der Waals surface area contributed by atoms with Crippen molar-refractivity contribution in [1.82, 2.24) is 0 Å². The first-order chi connectivity index (χ1) is 7.27. The third-order valence-corrected chi connectivity index (χ3v) is 3.86. The maximum atomic E-state index is 11.2. The van der Waals surface area contributed by atoms with Crippen LogP contribution >= 0.6 is 22.3 Å². The molecule has 16 heavy (non-hydrogen) atoms. The number of rotatable bonds is 3. The van der Waals surface area contributed by atoms with E-state index < -0.39 is 18.9 Å². The van der Waals surface area contributed by atoms with Crippen molar-refractivity contribution in [1.29, 1.82) is 0 Å². The minimum absolute atomic E-state index is 0.0666. The zero-order chi connectivity index (χ0) is 12.5. The third kappa shape index (κ3) is 2.63. The molecule has 0 bridgehead atoms. The first-order valence-corrected chi connectivity index (χ1v) is 6.87. The minimum atomic E-state index is -4.09. The van der Waals surface area contributed by atoms with Crippen molar-refractivity contribution in [3.63, 3.8) is 0 Å². The predicted octanol–water partition coefficient (Wildman–Crippen LogP) is 2.74. The topological polar surface area (TPSA) is 77.3 Å². The van der Waals surface area contributed by atoms with E-state index >= 15 is 0 Å². The monoisotopic (exact) mass is 283 g/mol. The highest BCUT2D eigenvalue weighted by Crippen LogP contribution is 2.32. The number of benzene rings is 1. The average Bonchev–Trinajstić information content (AvgIpc) is 2.15. The first-order valence-electron chi connectivity index (χ1n) is 4.18. The smallest absolute Gasteiger partial charge is 0.258 e. The minimum Gasteiger partial charge on any atom is -0.258 e. The van der Waals surface area contributed by atoms with Crippen LogP contribution < -0.4 is 0 Å². The van der Waals surface area contributed by atoms with Gasteiger partial charge in [0.2, 0.25) is 0 Å². The second kappa shape index (κ2) is 4.57. The van der Waals surface area contributed by atoms with Crippen LogP contribution in [0.25, 0.3) is 0 Å². The molecule has 0 radical (unpaired) electrons. The first kappa shape index (κ1) is 13.2. The maximum absolute atomic E-state index is 11.2. The van der Waals surface area contributed by atoms with E-state index in [4.69, 9.17) is 22.3 Å². The highest BCUT2D eigenvalue weighted by Gasteiger charge is 2.22. The quantitative estimate of drug-likeness (QED) is 0.485. The zero-order valence-corrected chi connectivity index (χ0v) is 10.4. The third-order valence-electron chi connectivity index (χ3n) is 1.95. The fourth-order valence-electron chi connectivity index (χ4n) is 1.18. The van der Waals surface area contributed by atoms with Crippen molar-refractivity contribution in [2.24, 2.45) is 0 Å². The van der Waals surface area contributed by atoms with E-state index in [2.05, 4.69) is 0 Å². The second-order valence-corrected chi connectivity index (χ2v) is 5.88. The van der Waals surface area contributed by atoms with Gasteiger partial charge < -0.3 is 0 Å². The molecule has 0 amide bonds. The number of nitro benzene ring substituents is 1. The number of non-ortho nitro benzene ring substituents is 1. The molecule has 0 spiro atoms. The fourth-order valence-corrected chi connectivity index (χ4v) is 2.82. The van der Waals surface area contributed by atoms with Crippen LogP contribution in [-0.4, -0.2) is 13.3 Å². The average molecular weight is 284 g/mol. The summed E-state index contributed by atoms with van der Waals surface area (Å²) in [5, 5.41) is 10.5. The van der Waals surface area contributed by atoms with Gasteiger partial charge in [-0.05, 0) is 12.0 Å². The fraction of sp³-hybridized carbons (Fsp3) is 0.250. The molecule has 0 saturated heterocycles. The molecular formula is C8H7Cl2NO4S. The highest BCUT2D eigenvalue weighted by molar-refractivity contribution is 8.13. The summed E-state index contributed by atoms with van der Waals surface area (Å²) >= 11 is 5.78. The van der Waals surface area contributed by atoms with Gasteiger partial charge in [-0.1, -0.05) is 18.5 Å². The lowest BCUT2D eigenvalue weighted by molar-refractivity contribution is -0.385. The summed E-state index contributed by atoms with van der Waals surface area (Å²) in [6.45, 7) is 1.70. The molecule has 88 valence electrons. The van der Waals surface area contributed by atoms with Crippen LogP contribution in [0, 0.1) is 10.1 Å². The molecule has 5 nitrogen and oxygen atoms in total. The molecular weight excluding hydrogens is 277 g/mol. The van der Waals surface area contributed by atoms with Gasteiger partial charge in [0.1, 0.15) is 4.90 Å². The molecule has 0 aliphatic rings. The van der Waals surface area contributed by atoms with Crippen LogP contribution in [0.2, 0.25) is 5.02 Å². The Morgan fingerprint density at radius 3 is 2.38 bits per heavy atom. The van der Waals surface area contributed by atoms with Crippen molar-refractivity contribution in [3.05, 3.63) is 32.8 Å². The Morgan fingerprint density at radius 1 is 1.44 bits per heavy atom. The molecule has 0 fully saturated rings. The number of nitro groups is 1. The molecule has 0 saturated carbocycles.